The minimum atomic E-state index is 0.664. The summed E-state index contributed by atoms with van der Waals surface area (Å²) in [5, 5.41) is 3.40. The van der Waals surface area contributed by atoms with Crippen LogP contribution in [0.4, 0.5) is 5.69 Å². The summed E-state index contributed by atoms with van der Waals surface area (Å²) in [6.45, 7) is 3.33. The highest BCUT2D eigenvalue weighted by Gasteiger charge is 2.03. The molecule has 21 heavy (non-hydrogen) atoms. The molecule has 0 fully saturated rings. The average Bonchev–Trinajstić information content (AvgIpc) is 2.82. The lowest BCUT2D eigenvalue weighted by Crippen LogP contribution is -2.07. The number of thiazole rings is 1. The summed E-state index contributed by atoms with van der Waals surface area (Å²) in [6.07, 6.45) is 0. The van der Waals surface area contributed by atoms with Crippen LogP contribution in [0.1, 0.15) is 6.92 Å². The molecule has 3 aromatic rings. The Morgan fingerprint density at radius 3 is 2.67 bits per heavy atom. The van der Waals surface area contributed by atoms with E-state index < -0.39 is 0 Å². The molecule has 0 atom stereocenters. The number of hydrogen-bond acceptors (Lipinski definition) is 4. The molecular weight excluding hydrogens is 300 g/mol. The number of fused-ring (bicyclic) bond motifs is 1. The molecule has 0 radical (unpaired) electrons. The lowest BCUT2D eigenvalue weighted by atomic mass is 10.3. The van der Waals surface area contributed by atoms with Gasteiger partial charge in [-0.15, -0.1) is 11.3 Å². The predicted octanol–water partition coefficient (Wildman–Crippen LogP) is 4.90. The minimum absolute atomic E-state index is 0.664. The number of benzene rings is 2. The van der Waals surface area contributed by atoms with Gasteiger partial charge in [0.15, 0.2) is 3.95 Å². The van der Waals surface area contributed by atoms with E-state index in [1.54, 1.807) is 11.3 Å². The Balaban J connectivity index is 1.77. The number of ether oxygens (including phenoxy) is 1. The Hall–Kier alpha value is -1.85. The van der Waals surface area contributed by atoms with Crippen molar-refractivity contribution < 1.29 is 4.74 Å². The Bertz CT molecular complexity index is 790. The van der Waals surface area contributed by atoms with Crippen molar-refractivity contribution in [1.82, 2.24) is 4.57 Å². The Kier molecular flexibility index (Phi) is 4.22. The molecule has 0 bridgehead atoms. The SMILES string of the molecule is CCOc1ccc(NCn2c(=S)sc3ccccc32)cc1. The Morgan fingerprint density at radius 2 is 1.90 bits per heavy atom. The van der Waals surface area contributed by atoms with E-state index in [-0.39, 0.29) is 0 Å². The van der Waals surface area contributed by atoms with Crippen LogP contribution in [0.15, 0.2) is 48.5 Å². The normalized spacial score (nSPS) is 10.7. The van der Waals surface area contributed by atoms with E-state index in [2.05, 4.69) is 22.0 Å². The van der Waals surface area contributed by atoms with Gasteiger partial charge in [0.1, 0.15) is 5.75 Å². The monoisotopic (exact) mass is 316 g/mol. The van der Waals surface area contributed by atoms with Crippen molar-refractivity contribution in [3.8, 4) is 5.75 Å². The maximum absolute atomic E-state index is 5.45. The summed E-state index contributed by atoms with van der Waals surface area (Å²) >= 11 is 7.09. The average molecular weight is 316 g/mol. The standard InChI is InChI=1S/C16H16N2OS2/c1-2-19-13-9-7-12(8-10-13)17-11-18-14-5-3-4-6-15(14)21-16(18)20/h3-10,17H,2,11H2,1H3. The number of hydrogen-bond donors (Lipinski definition) is 1. The van der Waals surface area contributed by atoms with E-state index in [0.717, 1.165) is 15.4 Å². The fourth-order valence-electron chi connectivity index (χ4n) is 2.17. The van der Waals surface area contributed by atoms with Crippen LogP contribution in [-0.4, -0.2) is 11.2 Å². The molecule has 2 aromatic carbocycles. The first-order valence-electron chi connectivity index (χ1n) is 6.83. The van der Waals surface area contributed by atoms with Crippen LogP contribution in [-0.2, 0) is 6.67 Å². The second-order valence-electron chi connectivity index (χ2n) is 4.56. The number of para-hydroxylation sites is 1. The number of aromatic nitrogens is 1. The number of nitrogens with zero attached hydrogens (tertiary/aromatic N) is 1. The van der Waals surface area contributed by atoms with E-state index in [1.165, 1.54) is 10.2 Å². The molecule has 0 spiro atoms. The van der Waals surface area contributed by atoms with Gasteiger partial charge in [-0.05, 0) is 55.5 Å². The maximum Gasteiger partial charge on any atom is 0.163 e. The molecule has 1 heterocycles. The maximum atomic E-state index is 5.45. The van der Waals surface area contributed by atoms with Gasteiger partial charge in [0.05, 0.1) is 23.5 Å². The van der Waals surface area contributed by atoms with Gasteiger partial charge in [0.2, 0.25) is 0 Å². The second kappa shape index (κ2) is 6.28. The highest BCUT2D eigenvalue weighted by molar-refractivity contribution is 7.73. The largest absolute Gasteiger partial charge is 0.494 e. The molecule has 0 saturated carbocycles. The number of nitrogens with one attached hydrogen (secondary N) is 1. The molecule has 0 aliphatic carbocycles. The molecule has 0 aliphatic rings. The Labute approximate surface area is 132 Å². The molecule has 0 unspecified atom stereocenters. The molecule has 108 valence electrons. The molecule has 1 aromatic heterocycles. The zero-order valence-corrected chi connectivity index (χ0v) is 13.3. The summed E-state index contributed by atoms with van der Waals surface area (Å²) in [5.41, 5.74) is 2.22. The zero-order valence-electron chi connectivity index (χ0n) is 11.7. The fourth-order valence-corrected chi connectivity index (χ4v) is 3.49. The third-order valence-corrected chi connectivity index (χ3v) is 4.61. The predicted molar refractivity (Wildman–Crippen MR) is 91.9 cm³/mol. The van der Waals surface area contributed by atoms with Gasteiger partial charge in [-0.2, -0.15) is 0 Å². The second-order valence-corrected chi connectivity index (χ2v) is 6.23. The molecule has 0 saturated heterocycles. The zero-order chi connectivity index (χ0) is 14.7. The molecule has 5 heteroatoms. The van der Waals surface area contributed by atoms with Crippen molar-refractivity contribution in [2.45, 2.75) is 13.6 Å². The molecule has 3 nitrogen and oxygen atoms in total. The first-order chi connectivity index (χ1) is 10.3. The molecular formula is C16H16N2OS2. The quantitative estimate of drug-likeness (QED) is 0.678. The Morgan fingerprint density at radius 1 is 1.14 bits per heavy atom. The smallest absolute Gasteiger partial charge is 0.163 e. The van der Waals surface area contributed by atoms with E-state index in [1.807, 2.05) is 43.3 Å². The van der Waals surface area contributed by atoms with Crippen LogP contribution in [0.25, 0.3) is 10.2 Å². The lowest BCUT2D eigenvalue weighted by Gasteiger charge is -2.09. The molecule has 3 rings (SSSR count). The molecule has 1 N–H and O–H groups in total. The summed E-state index contributed by atoms with van der Waals surface area (Å²) in [6, 6.07) is 16.2. The first kappa shape index (κ1) is 14.1. The van der Waals surface area contributed by atoms with E-state index in [0.29, 0.717) is 13.3 Å². The summed E-state index contributed by atoms with van der Waals surface area (Å²) in [7, 11) is 0. The highest BCUT2D eigenvalue weighted by Crippen LogP contribution is 2.23. The van der Waals surface area contributed by atoms with Crippen LogP contribution in [0.2, 0.25) is 0 Å². The van der Waals surface area contributed by atoms with Crippen molar-refractivity contribution >= 4 is 39.5 Å². The first-order valence-corrected chi connectivity index (χ1v) is 8.05. The highest BCUT2D eigenvalue weighted by atomic mass is 32.1. The summed E-state index contributed by atoms with van der Waals surface area (Å²) in [5.74, 6) is 0.889. The van der Waals surface area contributed by atoms with E-state index >= 15 is 0 Å². The third kappa shape index (κ3) is 3.09. The van der Waals surface area contributed by atoms with Crippen LogP contribution in [0.5, 0.6) is 5.75 Å². The van der Waals surface area contributed by atoms with Gasteiger partial charge in [-0.3, -0.25) is 0 Å². The van der Waals surface area contributed by atoms with Crippen LogP contribution < -0.4 is 10.1 Å². The van der Waals surface area contributed by atoms with Gasteiger partial charge in [0.25, 0.3) is 0 Å². The summed E-state index contributed by atoms with van der Waals surface area (Å²) in [4.78, 5) is 0. The third-order valence-electron chi connectivity index (χ3n) is 3.18. The van der Waals surface area contributed by atoms with Crippen LogP contribution in [0, 0.1) is 3.95 Å². The van der Waals surface area contributed by atoms with E-state index in [9.17, 15) is 0 Å². The lowest BCUT2D eigenvalue weighted by molar-refractivity contribution is 0.340. The van der Waals surface area contributed by atoms with Gasteiger partial charge >= 0.3 is 0 Å². The molecule has 0 aliphatic heterocycles. The minimum Gasteiger partial charge on any atom is -0.494 e. The van der Waals surface area contributed by atoms with Crippen molar-refractivity contribution in [3.63, 3.8) is 0 Å². The van der Waals surface area contributed by atoms with Crippen molar-refractivity contribution in [1.29, 1.82) is 0 Å². The van der Waals surface area contributed by atoms with E-state index in [4.69, 9.17) is 17.0 Å². The number of anilines is 1. The van der Waals surface area contributed by atoms with Crippen LogP contribution >= 0.6 is 23.6 Å². The van der Waals surface area contributed by atoms with Gasteiger partial charge < -0.3 is 14.6 Å². The number of rotatable bonds is 5. The van der Waals surface area contributed by atoms with Crippen LogP contribution in [0.3, 0.4) is 0 Å². The van der Waals surface area contributed by atoms with Crippen molar-refractivity contribution in [2.75, 3.05) is 11.9 Å². The fraction of sp³-hybridized carbons (Fsp3) is 0.188. The topological polar surface area (TPSA) is 26.2 Å². The van der Waals surface area contributed by atoms with Crippen molar-refractivity contribution in [3.05, 3.63) is 52.5 Å². The van der Waals surface area contributed by atoms with Gasteiger partial charge in [-0.1, -0.05) is 12.1 Å². The van der Waals surface area contributed by atoms with Gasteiger partial charge in [-0.25, -0.2) is 0 Å². The summed E-state index contributed by atoms with van der Waals surface area (Å²) < 4.78 is 9.66. The van der Waals surface area contributed by atoms with Gasteiger partial charge in [0, 0.05) is 5.69 Å². The molecule has 0 amide bonds. The van der Waals surface area contributed by atoms with Crippen molar-refractivity contribution in [2.24, 2.45) is 0 Å².